The maximum atomic E-state index is 10.3. The van der Waals surface area contributed by atoms with E-state index >= 15 is 0 Å². The Labute approximate surface area is 214 Å². The normalized spacial score (nSPS) is 48.6. The molecule has 4 fully saturated rings. The first-order valence-corrected chi connectivity index (χ1v) is 14.2. The van der Waals surface area contributed by atoms with Gasteiger partial charge in [0.1, 0.15) is 0 Å². The molecule has 0 amide bonds. The maximum Gasteiger partial charge on any atom is 0.0937 e. The number of fused-ring (bicyclic) bond motifs is 6. The molecule has 3 heteroatoms. The highest BCUT2D eigenvalue weighted by atomic mass is 16.5. The number of ether oxygens (including phenoxy) is 1. The van der Waals surface area contributed by atoms with Gasteiger partial charge >= 0.3 is 0 Å². The van der Waals surface area contributed by atoms with Crippen LogP contribution in [0.4, 0.5) is 0 Å². The fourth-order valence-corrected chi connectivity index (χ4v) is 9.77. The molecule has 10 atom stereocenters. The number of aliphatic hydroxyl groups is 1. The number of allylic oxidation sites excluding steroid dienone is 2. The predicted molar refractivity (Wildman–Crippen MR) is 144 cm³/mol. The van der Waals surface area contributed by atoms with E-state index in [0.717, 1.165) is 50.1 Å². The Kier molecular flexibility index (Phi) is 6.65. The van der Waals surface area contributed by atoms with E-state index in [1.165, 1.54) is 32.1 Å². The summed E-state index contributed by atoms with van der Waals surface area (Å²) in [7, 11) is 0. The van der Waals surface area contributed by atoms with Crippen molar-refractivity contribution >= 4 is 0 Å². The van der Waals surface area contributed by atoms with E-state index in [1.54, 1.807) is 16.7 Å². The topological polar surface area (TPSA) is 32.7 Å². The van der Waals surface area contributed by atoms with Gasteiger partial charge in [0, 0.05) is 18.5 Å². The van der Waals surface area contributed by atoms with Crippen molar-refractivity contribution in [2.24, 2.45) is 35.0 Å². The molecule has 0 aromatic rings. The van der Waals surface area contributed by atoms with Crippen LogP contribution in [0, 0.1) is 47.3 Å². The summed E-state index contributed by atoms with van der Waals surface area (Å²) in [5.41, 5.74) is 5.09. The minimum atomic E-state index is -0.127. The van der Waals surface area contributed by atoms with E-state index in [2.05, 4.69) is 57.7 Å². The van der Waals surface area contributed by atoms with Gasteiger partial charge in [-0.2, -0.15) is 0 Å². The average molecular weight is 478 g/mol. The van der Waals surface area contributed by atoms with Crippen LogP contribution >= 0.6 is 0 Å². The minimum absolute atomic E-state index is 0.0918. The lowest BCUT2D eigenvalue weighted by Gasteiger charge is -2.49. The third-order valence-electron chi connectivity index (χ3n) is 11.4. The highest BCUT2D eigenvalue weighted by molar-refractivity contribution is 5.38. The molecular formula is C32H47NO2. The molecule has 2 saturated carbocycles. The maximum absolute atomic E-state index is 10.3. The summed E-state index contributed by atoms with van der Waals surface area (Å²) in [6, 6.07) is 0.457. The van der Waals surface area contributed by atoms with Gasteiger partial charge in [-0.25, -0.2) is 0 Å². The van der Waals surface area contributed by atoms with Gasteiger partial charge in [0.25, 0.3) is 0 Å². The molecule has 2 saturated heterocycles. The molecule has 1 N–H and O–H groups in total. The molecule has 1 spiro atoms. The van der Waals surface area contributed by atoms with Gasteiger partial charge in [-0.3, -0.25) is 4.90 Å². The van der Waals surface area contributed by atoms with Crippen LogP contribution in [0.1, 0.15) is 79.1 Å². The molecule has 4 aliphatic carbocycles. The lowest BCUT2D eigenvalue weighted by atomic mass is 9.56. The second-order valence-electron chi connectivity index (χ2n) is 12.8. The number of aliphatic hydroxyl groups excluding tert-OH is 1. The zero-order valence-corrected chi connectivity index (χ0v) is 22.6. The van der Waals surface area contributed by atoms with Gasteiger partial charge in [0.2, 0.25) is 0 Å². The molecule has 0 radical (unpaired) electrons. The third kappa shape index (κ3) is 3.65. The van der Waals surface area contributed by atoms with Crippen molar-refractivity contribution < 1.29 is 9.84 Å². The average Bonchev–Trinajstić information content (AvgIpc) is 3.36. The molecule has 6 aliphatic rings. The third-order valence-corrected chi connectivity index (χ3v) is 11.4. The van der Waals surface area contributed by atoms with Crippen molar-refractivity contribution in [1.29, 1.82) is 0 Å². The van der Waals surface area contributed by atoms with Crippen LogP contribution in [0.25, 0.3) is 0 Å². The highest BCUT2D eigenvalue weighted by Crippen LogP contribution is 2.65. The first-order chi connectivity index (χ1) is 16.8. The number of piperidine rings is 1. The highest BCUT2D eigenvalue weighted by Gasteiger charge is 2.61. The fourth-order valence-electron chi connectivity index (χ4n) is 9.77. The van der Waals surface area contributed by atoms with Crippen LogP contribution in [0.15, 0.2) is 36.0 Å². The lowest BCUT2D eigenvalue weighted by Crippen LogP contribution is -2.52. The second-order valence-corrected chi connectivity index (χ2v) is 12.8. The Hall–Kier alpha value is -1.34. The Morgan fingerprint density at radius 3 is 2.74 bits per heavy atom. The van der Waals surface area contributed by atoms with Gasteiger partial charge in [0.05, 0.1) is 24.4 Å². The quantitative estimate of drug-likeness (QED) is 0.363. The van der Waals surface area contributed by atoms with E-state index in [9.17, 15) is 5.11 Å². The Balaban J connectivity index is 0.00000124. The van der Waals surface area contributed by atoms with Crippen LogP contribution < -0.4 is 0 Å². The van der Waals surface area contributed by atoms with Crippen molar-refractivity contribution in [3.63, 3.8) is 0 Å². The Morgan fingerprint density at radius 1 is 1.23 bits per heavy atom. The molecule has 0 aromatic carbocycles. The lowest BCUT2D eigenvalue weighted by molar-refractivity contribution is -0.0637. The van der Waals surface area contributed by atoms with E-state index < -0.39 is 0 Å². The van der Waals surface area contributed by atoms with Gasteiger partial charge < -0.3 is 9.84 Å². The van der Waals surface area contributed by atoms with Crippen molar-refractivity contribution in [2.45, 2.75) is 103 Å². The van der Waals surface area contributed by atoms with E-state index in [-0.39, 0.29) is 17.1 Å². The van der Waals surface area contributed by atoms with E-state index in [4.69, 9.17) is 11.2 Å². The number of hydrogen-bond donors (Lipinski definition) is 1. The molecule has 6 rings (SSSR count). The molecule has 2 aliphatic heterocycles. The zero-order chi connectivity index (χ0) is 25.1. The largest absolute Gasteiger partial charge is 0.393 e. The van der Waals surface area contributed by atoms with Gasteiger partial charge in [0.15, 0.2) is 0 Å². The van der Waals surface area contributed by atoms with Crippen LogP contribution in [0.2, 0.25) is 0 Å². The summed E-state index contributed by atoms with van der Waals surface area (Å²) in [5, 5.41) is 10.3. The van der Waals surface area contributed by atoms with E-state index in [0.29, 0.717) is 24.0 Å². The molecule has 2 unspecified atom stereocenters. The number of likely N-dealkylation sites (tertiary alicyclic amines) is 1. The second kappa shape index (κ2) is 9.20. The molecule has 0 bridgehead atoms. The molecule has 2 heterocycles. The van der Waals surface area contributed by atoms with Crippen molar-refractivity contribution in [3.05, 3.63) is 36.0 Å². The summed E-state index contributed by atoms with van der Waals surface area (Å²) < 4.78 is 7.16. The van der Waals surface area contributed by atoms with Crippen molar-refractivity contribution in [1.82, 2.24) is 4.90 Å². The van der Waals surface area contributed by atoms with Gasteiger partial charge in [-0.1, -0.05) is 43.9 Å². The standard InChI is InChI=1S/C30H43NO2.C2H4/c1-6-13-31-17-18(2)14-27-28(31)20(4)30(33-27)12-10-23-24-8-7-21-15-22(32)9-11-29(21,5)26(24)16-25(23)19(30)3;1-2/h1,7,18,20,22-24,26-28,32H,8-17H2,2-5H3;1-2H2/t18-,20+,22-,23?,24-,26?,27+,28-,29-,30-;/m0./s1. The minimum Gasteiger partial charge on any atom is -0.393 e. The van der Waals surface area contributed by atoms with Crippen LogP contribution in [-0.2, 0) is 4.74 Å². The SMILES string of the molecule is C#CCN1C[C@@H](C)C[C@H]2O[C@]3(CCC4C(=C3C)CC3[C@H]4CC=C4C[C@@H](O)CC[C@@]43C)[C@H](C)[C@@H]21.C=C. The van der Waals surface area contributed by atoms with Crippen LogP contribution in [0.5, 0.6) is 0 Å². The predicted octanol–water partition coefficient (Wildman–Crippen LogP) is 6.15. The molecule has 35 heavy (non-hydrogen) atoms. The summed E-state index contributed by atoms with van der Waals surface area (Å²) in [5.74, 6) is 6.34. The summed E-state index contributed by atoms with van der Waals surface area (Å²) >= 11 is 0. The number of hydrogen-bond acceptors (Lipinski definition) is 3. The van der Waals surface area contributed by atoms with Crippen molar-refractivity contribution in [2.75, 3.05) is 13.1 Å². The van der Waals surface area contributed by atoms with Gasteiger partial charge in [-0.15, -0.1) is 19.6 Å². The zero-order valence-electron chi connectivity index (χ0n) is 22.6. The monoisotopic (exact) mass is 477 g/mol. The number of terminal acetylenes is 1. The summed E-state index contributed by atoms with van der Waals surface area (Å²) in [6.45, 7) is 17.6. The molecule has 0 aromatic heterocycles. The van der Waals surface area contributed by atoms with Crippen LogP contribution in [0.3, 0.4) is 0 Å². The summed E-state index contributed by atoms with van der Waals surface area (Å²) in [6.07, 6.45) is 17.6. The fraction of sp³-hybridized carbons (Fsp3) is 0.750. The first kappa shape index (κ1) is 25.3. The number of nitrogens with zero attached hydrogens (tertiary/aromatic N) is 1. The summed E-state index contributed by atoms with van der Waals surface area (Å²) in [4.78, 5) is 2.56. The molecule has 3 nitrogen and oxygen atoms in total. The van der Waals surface area contributed by atoms with Gasteiger partial charge in [-0.05, 0) is 93.0 Å². The Bertz CT molecular complexity index is 944. The Morgan fingerprint density at radius 2 is 2.00 bits per heavy atom. The molecule has 192 valence electrons. The van der Waals surface area contributed by atoms with E-state index in [1.807, 2.05) is 0 Å². The van der Waals surface area contributed by atoms with Crippen molar-refractivity contribution in [3.8, 4) is 12.3 Å². The number of rotatable bonds is 1. The smallest absolute Gasteiger partial charge is 0.0937 e. The van der Waals surface area contributed by atoms with Crippen LogP contribution in [-0.4, -0.2) is 46.9 Å². The molecular weight excluding hydrogens is 430 g/mol. The first-order valence-electron chi connectivity index (χ1n) is 14.2.